The Balaban J connectivity index is 1.54. The van der Waals surface area contributed by atoms with E-state index in [9.17, 15) is 9.59 Å². The van der Waals surface area contributed by atoms with Crippen molar-refractivity contribution in [2.45, 2.75) is 39.7 Å². The first-order chi connectivity index (χ1) is 14.5. The molecule has 5 nitrogen and oxygen atoms in total. The smallest absolute Gasteiger partial charge is 0.339 e. The molecule has 0 atom stereocenters. The first kappa shape index (κ1) is 18.6. The second-order valence-corrected chi connectivity index (χ2v) is 7.83. The molecule has 0 spiro atoms. The number of fused-ring (bicyclic) bond motifs is 3. The number of para-hydroxylation sites is 1. The number of hydrogen-bond acceptors (Lipinski definition) is 5. The van der Waals surface area contributed by atoms with Crippen LogP contribution < -0.4 is 5.63 Å². The van der Waals surface area contributed by atoms with Crippen molar-refractivity contribution >= 4 is 27.8 Å². The summed E-state index contributed by atoms with van der Waals surface area (Å²) in [6.45, 7) is 3.90. The summed E-state index contributed by atoms with van der Waals surface area (Å²) in [5, 5.41) is 1.60. The van der Waals surface area contributed by atoms with E-state index < -0.39 is 5.63 Å². The Morgan fingerprint density at radius 2 is 1.93 bits per heavy atom. The van der Waals surface area contributed by atoms with Crippen molar-refractivity contribution in [2.24, 2.45) is 0 Å². The molecule has 0 unspecified atom stereocenters. The van der Waals surface area contributed by atoms with Gasteiger partial charge in [0.05, 0.1) is 11.1 Å². The Kier molecular flexibility index (Phi) is 4.39. The van der Waals surface area contributed by atoms with Crippen LogP contribution in [0, 0.1) is 13.8 Å². The Morgan fingerprint density at radius 3 is 2.80 bits per heavy atom. The van der Waals surface area contributed by atoms with Gasteiger partial charge < -0.3 is 9.15 Å². The van der Waals surface area contributed by atoms with Gasteiger partial charge in [-0.25, -0.2) is 9.59 Å². The fourth-order valence-corrected chi connectivity index (χ4v) is 4.30. The van der Waals surface area contributed by atoms with Crippen molar-refractivity contribution < 1.29 is 13.9 Å². The number of ether oxygens (including phenoxy) is 1. The van der Waals surface area contributed by atoms with E-state index in [1.807, 2.05) is 50.2 Å². The van der Waals surface area contributed by atoms with Gasteiger partial charge in [0.25, 0.3) is 0 Å². The van der Waals surface area contributed by atoms with Crippen LogP contribution in [0.5, 0.6) is 0 Å². The predicted molar refractivity (Wildman–Crippen MR) is 115 cm³/mol. The first-order valence-corrected chi connectivity index (χ1v) is 10.1. The predicted octanol–water partition coefficient (Wildman–Crippen LogP) is 4.80. The van der Waals surface area contributed by atoms with E-state index in [4.69, 9.17) is 14.1 Å². The average Bonchev–Trinajstić information content (AvgIpc) is 3.21. The highest BCUT2D eigenvalue weighted by Gasteiger charge is 2.25. The number of benzene rings is 2. The summed E-state index contributed by atoms with van der Waals surface area (Å²) in [6.07, 6.45) is 2.69. The van der Waals surface area contributed by atoms with Crippen LogP contribution in [0.15, 0.2) is 51.7 Å². The van der Waals surface area contributed by atoms with Gasteiger partial charge in [0.15, 0.2) is 0 Å². The minimum Gasteiger partial charge on any atom is -0.457 e. The molecule has 1 aliphatic rings. The van der Waals surface area contributed by atoms with Crippen LogP contribution in [-0.4, -0.2) is 11.0 Å². The second-order valence-electron chi connectivity index (χ2n) is 7.83. The van der Waals surface area contributed by atoms with E-state index in [0.717, 1.165) is 57.9 Å². The summed E-state index contributed by atoms with van der Waals surface area (Å²) in [5.74, 6) is -0.378. The maximum Gasteiger partial charge on any atom is 0.339 e. The zero-order valence-electron chi connectivity index (χ0n) is 17.0. The van der Waals surface area contributed by atoms with Gasteiger partial charge in [-0.15, -0.1) is 0 Å². The topological polar surface area (TPSA) is 69.4 Å². The molecule has 1 aliphatic carbocycles. The largest absolute Gasteiger partial charge is 0.457 e. The van der Waals surface area contributed by atoms with Gasteiger partial charge in [0, 0.05) is 28.1 Å². The first-order valence-electron chi connectivity index (χ1n) is 10.1. The number of hydrogen-bond donors (Lipinski definition) is 0. The molecule has 4 aromatic rings. The van der Waals surface area contributed by atoms with Crippen molar-refractivity contribution in [2.75, 3.05) is 0 Å². The minimum absolute atomic E-state index is 0.00879. The number of aromatic nitrogens is 1. The van der Waals surface area contributed by atoms with E-state index in [2.05, 4.69) is 0 Å². The van der Waals surface area contributed by atoms with Gasteiger partial charge in [0.2, 0.25) is 0 Å². The van der Waals surface area contributed by atoms with Crippen molar-refractivity contribution in [3.05, 3.63) is 86.4 Å². The van der Waals surface area contributed by atoms with Crippen molar-refractivity contribution in [1.82, 2.24) is 4.98 Å². The van der Waals surface area contributed by atoms with E-state index in [1.54, 1.807) is 0 Å². The molecule has 0 N–H and O–H groups in total. The maximum absolute atomic E-state index is 13.2. The Morgan fingerprint density at radius 1 is 1.10 bits per heavy atom. The fourth-order valence-electron chi connectivity index (χ4n) is 4.30. The molecule has 0 radical (unpaired) electrons. The van der Waals surface area contributed by atoms with Crippen molar-refractivity contribution in [3.8, 4) is 0 Å². The molecule has 30 heavy (non-hydrogen) atoms. The van der Waals surface area contributed by atoms with Gasteiger partial charge in [-0.3, -0.25) is 4.98 Å². The number of esters is 1. The molecule has 0 fully saturated rings. The fraction of sp³-hybridized carbons (Fsp3) is 0.240. The van der Waals surface area contributed by atoms with Crippen LogP contribution in [0.2, 0.25) is 0 Å². The Labute approximate surface area is 173 Å². The van der Waals surface area contributed by atoms with Crippen LogP contribution in [0.1, 0.15) is 44.7 Å². The van der Waals surface area contributed by atoms with Gasteiger partial charge in [-0.2, -0.15) is 0 Å². The molecule has 5 rings (SSSR count). The average molecular weight is 399 g/mol. The lowest BCUT2D eigenvalue weighted by molar-refractivity contribution is 0.0475. The summed E-state index contributed by atoms with van der Waals surface area (Å²) in [4.78, 5) is 30.0. The quantitative estimate of drug-likeness (QED) is 0.365. The van der Waals surface area contributed by atoms with E-state index in [-0.39, 0.29) is 12.6 Å². The highest BCUT2D eigenvalue weighted by Crippen LogP contribution is 2.31. The molecule has 5 heteroatoms. The minimum atomic E-state index is -0.447. The molecule has 150 valence electrons. The lowest BCUT2D eigenvalue weighted by Gasteiger charge is -2.13. The SMILES string of the molecule is Cc1ccc2c(COC(=O)c3c4c(nc5ccccc35)CCC4)cc(=O)oc2c1C. The maximum atomic E-state index is 13.2. The summed E-state index contributed by atoms with van der Waals surface area (Å²) in [5.41, 5.74) is 6.08. The molecular formula is C25H21NO4. The molecular weight excluding hydrogens is 378 g/mol. The van der Waals surface area contributed by atoms with Crippen LogP contribution in [0.4, 0.5) is 0 Å². The number of nitrogens with zero attached hydrogens (tertiary/aromatic N) is 1. The third kappa shape index (κ3) is 2.98. The van der Waals surface area contributed by atoms with E-state index in [1.165, 1.54) is 6.07 Å². The van der Waals surface area contributed by atoms with Crippen molar-refractivity contribution in [3.63, 3.8) is 0 Å². The zero-order valence-corrected chi connectivity index (χ0v) is 17.0. The number of carbonyl (C=O) groups is 1. The van der Waals surface area contributed by atoms with Crippen molar-refractivity contribution in [1.29, 1.82) is 0 Å². The molecule has 0 saturated heterocycles. The third-order valence-electron chi connectivity index (χ3n) is 6.00. The zero-order chi connectivity index (χ0) is 20.8. The number of carbonyl (C=O) groups excluding carboxylic acids is 1. The van der Waals surface area contributed by atoms with Crippen LogP contribution in [0.3, 0.4) is 0 Å². The molecule has 0 bridgehead atoms. The Hall–Kier alpha value is -3.47. The third-order valence-corrected chi connectivity index (χ3v) is 6.00. The van der Waals surface area contributed by atoms with Gasteiger partial charge >= 0.3 is 11.6 Å². The van der Waals surface area contributed by atoms with E-state index in [0.29, 0.717) is 16.7 Å². The lowest BCUT2D eigenvalue weighted by Crippen LogP contribution is -2.12. The second kappa shape index (κ2) is 7.10. The molecule has 2 aromatic heterocycles. The van der Waals surface area contributed by atoms with Gasteiger partial charge in [0.1, 0.15) is 12.2 Å². The summed E-state index contributed by atoms with van der Waals surface area (Å²) in [6, 6.07) is 13.0. The number of aryl methyl sites for hydroxylation is 3. The summed E-state index contributed by atoms with van der Waals surface area (Å²) < 4.78 is 11.2. The number of pyridine rings is 1. The van der Waals surface area contributed by atoms with Gasteiger partial charge in [-0.1, -0.05) is 30.3 Å². The van der Waals surface area contributed by atoms with Gasteiger partial charge in [-0.05, 0) is 55.9 Å². The molecule has 2 aromatic carbocycles. The molecule has 2 heterocycles. The monoisotopic (exact) mass is 399 g/mol. The van der Waals surface area contributed by atoms with Crippen LogP contribution in [-0.2, 0) is 24.2 Å². The molecule has 0 amide bonds. The molecule has 0 aliphatic heterocycles. The van der Waals surface area contributed by atoms with E-state index >= 15 is 0 Å². The standard InChI is InChI=1S/C25H21NO4/c1-14-10-11-17-16(12-22(27)30-24(17)15(14)2)13-29-25(28)23-18-6-3-4-8-20(18)26-21-9-5-7-19(21)23/h3-4,6,8,10-12H,5,7,9,13H2,1-2H3. The van der Waals surface area contributed by atoms with Crippen LogP contribution in [0.25, 0.3) is 21.9 Å². The highest BCUT2D eigenvalue weighted by atomic mass is 16.5. The summed E-state index contributed by atoms with van der Waals surface area (Å²) in [7, 11) is 0. The Bertz CT molecular complexity index is 1380. The van der Waals surface area contributed by atoms with Crippen LogP contribution >= 0.6 is 0 Å². The normalized spacial score (nSPS) is 13.0. The summed E-state index contributed by atoms with van der Waals surface area (Å²) >= 11 is 0. The lowest BCUT2D eigenvalue weighted by atomic mass is 10.0. The molecule has 0 saturated carbocycles. The highest BCUT2D eigenvalue weighted by molar-refractivity contribution is 6.05. The number of rotatable bonds is 3.